The first-order valence-corrected chi connectivity index (χ1v) is 8.25. The van der Waals surface area contributed by atoms with Gasteiger partial charge in [-0.15, -0.1) is 0 Å². The van der Waals surface area contributed by atoms with Crippen LogP contribution in [0.15, 0.2) is 39.8 Å². The van der Waals surface area contributed by atoms with Crippen molar-refractivity contribution in [2.45, 2.75) is 4.90 Å². The predicted molar refractivity (Wildman–Crippen MR) is 81.2 cm³/mol. The van der Waals surface area contributed by atoms with Gasteiger partial charge in [-0.1, -0.05) is 0 Å². The average molecular weight is 391 g/mol. The molecule has 0 aliphatic carbocycles. The number of aromatic nitrogens is 1. The highest BCUT2D eigenvalue weighted by molar-refractivity contribution is 9.10. The summed E-state index contributed by atoms with van der Waals surface area (Å²) in [5.41, 5.74) is 0. The third-order valence-corrected chi connectivity index (χ3v) is 4.64. The molecule has 9 heteroatoms. The fraction of sp³-hybridized carbons (Fsp3) is 0.154. The van der Waals surface area contributed by atoms with Crippen LogP contribution in [0.4, 0.5) is 4.39 Å². The van der Waals surface area contributed by atoms with Crippen LogP contribution in [0.3, 0.4) is 0 Å². The van der Waals surface area contributed by atoms with E-state index in [2.05, 4.69) is 25.6 Å². The molecule has 0 aliphatic rings. The Labute approximate surface area is 135 Å². The zero-order chi connectivity index (χ0) is 16.3. The Morgan fingerprint density at radius 1 is 1.27 bits per heavy atom. The van der Waals surface area contributed by atoms with Crippen molar-refractivity contribution in [3.8, 4) is 17.4 Å². The van der Waals surface area contributed by atoms with Crippen molar-refractivity contribution in [1.29, 1.82) is 0 Å². The summed E-state index contributed by atoms with van der Waals surface area (Å²) in [4.78, 5) is 3.93. The Hall–Kier alpha value is -1.71. The van der Waals surface area contributed by atoms with Crippen LogP contribution in [0.2, 0.25) is 0 Å². The van der Waals surface area contributed by atoms with Crippen LogP contribution in [-0.4, -0.2) is 27.6 Å². The molecule has 0 bridgehead atoms. The number of methoxy groups -OCH3 is 1. The third kappa shape index (κ3) is 3.54. The quantitative estimate of drug-likeness (QED) is 0.848. The number of nitrogens with one attached hydrogen (secondary N) is 1. The SMILES string of the molecule is CNS(=O)(=O)c1cnc(Oc2ccc(F)cc2OC)c(Br)c1. The van der Waals surface area contributed by atoms with Gasteiger partial charge in [-0.05, 0) is 41.2 Å². The van der Waals surface area contributed by atoms with Crippen LogP contribution in [0, 0.1) is 5.82 Å². The second-order valence-corrected chi connectivity index (χ2v) is 6.80. The molecular weight excluding hydrogens is 379 g/mol. The maximum atomic E-state index is 13.1. The van der Waals surface area contributed by atoms with E-state index in [4.69, 9.17) is 9.47 Å². The van der Waals surface area contributed by atoms with E-state index in [0.29, 0.717) is 4.47 Å². The molecule has 0 radical (unpaired) electrons. The van der Waals surface area contributed by atoms with Gasteiger partial charge in [0.25, 0.3) is 0 Å². The number of hydrogen-bond acceptors (Lipinski definition) is 5. The molecule has 0 aliphatic heterocycles. The lowest BCUT2D eigenvalue weighted by Gasteiger charge is -2.11. The molecular formula is C13H12BrFN2O4S. The highest BCUT2D eigenvalue weighted by atomic mass is 79.9. The Balaban J connectivity index is 2.36. The zero-order valence-electron chi connectivity index (χ0n) is 11.6. The number of halogens is 2. The minimum Gasteiger partial charge on any atom is -0.493 e. The number of nitrogens with zero attached hydrogens (tertiary/aromatic N) is 1. The summed E-state index contributed by atoms with van der Waals surface area (Å²) < 4.78 is 49.6. The lowest BCUT2D eigenvalue weighted by Crippen LogP contribution is -2.18. The Bertz CT molecular complexity index is 799. The summed E-state index contributed by atoms with van der Waals surface area (Å²) in [6.45, 7) is 0. The van der Waals surface area contributed by atoms with Gasteiger partial charge in [0.1, 0.15) is 10.7 Å². The molecule has 0 amide bonds. The van der Waals surface area contributed by atoms with Gasteiger partial charge in [-0.2, -0.15) is 0 Å². The van der Waals surface area contributed by atoms with Gasteiger partial charge in [0.05, 0.1) is 17.8 Å². The molecule has 2 aromatic rings. The summed E-state index contributed by atoms with van der Waals surface area (Å²) in [6, 6.07) is 5.12. The minimum atomic E-state index is -3.60. The maximum Gasteiger partial charge on any atom is 0.241 e. The van der Waals surface area contributed by atoms with Crippen molar-refractivity contribution in [1.82, 2.24) is 9.71 Å². The lowest BCUT2D eigenvalue weighted by molar-refractivity contribution is 0.370. The van der Waals surface area contributed by atoms with Crippen LogP contribution in [0.1, 0.15) is 0 Å². The molecule has 2 rings (SSSR count). The highest BCUT2D eigenvalue weighted by Gasteiger charge is 2.16. The fourth-order valence-electron chi connectivity index (χ4n) is 1.58. The molecule has 0 saturated carbocycles. The Morgan fingerprint density at radius 2 is 2.00 bits per heavy atom. The number of ether oxygens (including phenoxy) is 2. The molecule has 1 aromatic heterocycles. The van der Waals surface area contributed by atoms with Crippen LogP contribution >= 0.6 is 15.9 Å². The fourth-order valence-corrected chi connectivity index (χ4v) is 2.86. The summed E-state index contributed by atoms with van der Waals surface area (Å²) in [7, 11) is -0.917. The van der Waals surface area contributed by atoms with E-state index < -0.39 is 15.8 Å². The second kappa shape index (κ2) is 6.59. The van der Waals surface area contributed by atoms with Crippen molar-refractivity contribution in [2.24, 2.45) is 0 Å². The normalized spacial score (nSPS) is 11.3. The summed E-state index contributed by atoms with van der Waals surface area (Å²) in [6.07, 6.45) is 1.15. The first kappa shape index (κ1) is 16.7. The standard InChI is InChI=1S/C13H12BrFN2O4S/c1-16-22(18,19)9-6-10(14)13(17-7-9)21-11-4-3-8(15)5-12(11)20-2/h3-7,16H,1-2H3. The van der Waals surface area contributed by atoms with Crippen LogP contribution in [0.5, 0.6) is 17.4 Å². The van der Waals surface area contributed by atoms with E-state index in [1.165, 1.54) is 38.4 Å². The topological polar surface area (TPSA) is 77.5 Å². The van der Waals surface area contributed by atoms with Crippen molar-refractivity contribution in [3.63, 3.8) is 0 Å². The number of benzene rings is 1. The van der Waals surface area contributed by atoms with Crippen molar-refractivity contribution >= 4 is 26.0 Å². The van der Waals surface area contributed by atoms with Gasteiger partial charge in [-0.25, -0.2) is 22.5 Å². The van der Waals surface area contributed by atoms with Gasteiger partial charge in [-0.3, -0.25) is 0 Å². The molecule has 1 aromatic carbocycles. The first-order valence-electron chi connectivity index (χ1n) is 5.98. The molecule has 22 heavy (non-hydrogen) atoms. The van der Waals surface area contributed by atoms with Gasteiger partial charge in [0.15, 0.2) is 11.5 Å². The third-order valence-electron chi connectivity index (χ3n) is 2.69. The molecule has 0 fully saturated rings. The van der Waals surface area contributed by atoms with Crippen molar-refractivity contribution in [3.05, 3.63) is 40.8 Å². The first-order chi connectivity index (χ1) is 10.4. The van der Waals surface area contributed by atoms with Crippen molar-refractivity contribution < 1.29 is 22.3 Å². The summed E-state index contributed by atoms with van der Waals surface area (Å²) in [5, 5.41) is 0. The molecule has 118 valence electrons. The average Bonchev–Trinajstić information content (AvgIpc) is 2.50. The molecule has 1 N–H and O–H groups in total. The van der Waals surface area contributed by atoms with Crippen LogP contribution in [-0.2, 0) is 10.0 Å². The molecule has 1 heterocycles. The van der Waals surface area contributed by atoms with E-state index in [1.54, 1.807) is 0 Å². The predicted octanol–water partition coefficient (Wildman–Crippen LogP) is 2.69. The van der Waals surface area contributed by atoms with Crippen molar-refractivity contribution in [2.75, 3.05) is 14.2 Å². The lowest BCUT2D eigenvalue weighted by atomic mass is 10.3. The van der Waals surface area contributed by atoms with E-state index in [-0.39, 0.29) is 22.3 Å². The number of pyridine rings is 1. The smallest absolute Gasteiger partial charge is 0.241 e. The molecule has 0 unspecified atom stereocenters. The Morgan fingerprint density at radius 3 is 2.59 bits per heavy atom. The summed E-state index contributed by atoms with van der Waals surface area (Å²) in [5.74, 6) is 0.105. The minimum absolute atomic E-state index is 0.0136. The van der Waals surface area contributed by atoms with E-state index >= 15 is 0 Å². The second-order valence-electron chi connectivity index (χ2n) is 4.06. The number of rotatable bonds is 5. The largest absolute Gasteiger partial charge is 0.493 e. The van der Waals surface area contributed by atoms with Gasteiger partial charge in [0.2, 0.25) is 15.9 Å². The van der Waals surface area contributed by atoms with E-state index in [9.17, 15) is 12.8 Å². The van der Waals surface area contributed by atoms with Crippen LogP contribution in [0.25, 0.3) is 0 Å². The van der Waals surface area contributed by atoms with Gasteiger partial charge < -0.3 is 9.47 Å². The zero-order valence-corrected chi connectivity index (χ0v) is 14.0. The monoisotopic (exact) mass is 390 g/mol. The number of sulfonamides is 1. The molecule has 0 atom stereocenters. The number of hydrogen-bond donors (Lipinski definition) is 1. The molecule has 0 spiro atoms. The van der Waals surface area contributed by atoms with E-state index in [1.807, 2.05) is 0 Å². The maximum absolute atomic E-state index is 13.1. The highest BCUT2D eigenvalue weighted by Crippen LogP contribution is 2.34. The van der Waals surface area contributed by atoms with E-state index in [0.717, 1.165) is 6.20 Å². The molecule has 0 saturated heterocycles. The molecule has 6 nitrogen and oxygen atoms in total. The van der Waals surface area contributed by atoms with Crippen LogP contribution < -0.4 is 14.2 Å². The Kier molecular flexibility index (Phi) is 4.99. The van der Waals surface area contributed by atoms with Gasteiger partial charge >= 0.3 is 0 Å². The van der Waals surface area contributed by atoms with Gasteiger partial charge in [0, 0.05) is 6.07 Å². The summed E-state index contributed by atoms with van der Waals surface area (Å²) >= 11 is 3.19.